The van der Waals surface area contributed by atoms with Crippen LogP contribution in [-0.2, 0) is 11.2 Å². The largest absolute Gasteiger partial charge is 0.332 e. The summed E-state index contributed by atoms with van der Waals surface area (Å²) < 4.78 is 0. The summed E-state index contributed by atoms with van der Waals surface area (Å²) in [7, 11) is 0. The first-order chi connectivity index (χ1) is 10.8. The van der Waals surface area contributed by atoms with Gasteiger partial charge < -0.3 is 15.5 Å². The molecule has 1 aromatic carbocycles. The monoisotopic (exact) mass is 301 g/mol. The van der Waals surface area contributed by atoms with Crippen molar-refractivity contribution in [2.75, 3.05) is 32.7 Å². The van der Waals surface area contributed by atoms with Gasteiger partial charge >= 0.3 is 0 Å². The third-order valence-corrected chi connectivity index (χ3v) is 4.74. The Morgan fingerprint density at radius 3 is 2.77 bits per heavy atom. The van der Waals surface area contributed by atoms with E-state index in [0.717, 1.165) is 38.5 Å². The van der Waals surface area contributed by atoms with Crippen LogP contribution in [0.3, 0.4) is 0 Å². The SMILES string of the molecule is CCc1ccc(C2CNCCN2C(=O)CNCC2CC2)cc1. The van der Waals surface area contributed by atoms with Crippen LogP contribution in [0.2, 0.25) is 0 Å². The lowest BCUT2D eigenvalue weighted by Gasteiger charge is -2.36. The Balaban J connectivity index is 1.62. The maximum absolute atomic E-state index is 12.5. The van der Waals surface area contributed by atoms with Crippen molar-refractivity contribution in [1.29, 1.82) is 0 Å². The highest BCUT2D eigenvalue weighted by Gasteiger charge is 2.28. The van der Waals surface area contributed by atoms with Crippen LogP contribution in [-0.4, -0.2) is 43.5 Å². The molecule has 120 valence electrons. The van der Waals surface area contributed by atoms with E-state index in [1.807, 2.05) is 4.90 Å². The Kier molecular flexibility index (Phi) is 5.11. The van der Waals surface area contributed by atoms with Gasteiger partial charge in [-0.05, 0) is 42.9 Å². The van der Waals surface area contributed by atoms with Gasteiger partial charge in [0.1, 0.15) is 0 Å². The molecule has 1 aliphatic carbocycles. The van der Waals surface area contributed by atoms with Gasteiger partial charge in [-0.2, -0.15) is 0 Å². The minimum absolute atomic E-state index is 0.162. The van der Waals surface area contributed by atoms with Gasteiger partial charge in [0.05, 0.1) is 12.6 Å². The summed E-state index contributed by atoms with van der Waals surface area (Å²) >= 11 is 0. The van der Waals surface area contributed by atoms with E-state index in [-0.39, 0.29) is 11.9 Å². The highest BCUT2D eigenvalue weighted by molar-refractivity contribution is 5.79. The molecule has 0 spiro atoms. The maximum Gasteiger partial charge on any atom is 0.237 e. The van der Waals surface area contributed by atoms with Crippen molar-refractivity contribution in [1.82, 2.24) is 15.5 Å². The van der Waals surface area contributed by atoms with Crippen LogP contribution in [0, 0.1) is 5.92 Å². The van der Waals surface area contributed by atoms with Crippen molar-refractivity contribution in [2.24, 2.45) is 5.92 Å². The smallest absolute Gasteiger partial charge is 0.237 e. The second kappa shape index (κ2) is 7.25. The molecule has 1 saturated heterocycles. The van der Waals surface area contributed by atoms with Crippen LogP contribution in [0.15, 0.2) is 24.3 Å². The van der Waals surface area contributed by atoms with E-state index in [1.165, 1.54) is 24.0 Å². The fourth-order valence-electron chi connectivity index (χ4n) is 3.08. The number of carbonyl (C=O) groups is 1. The lowest BCUT2D eigenvalue weighted by Crippen LogP contribution is -2.51. The Hall–Kier alpha value is -1.39. The van der Waals surface area contributed by atoms with Crippen molar-refractivity contribution in [3.63, 3.8) is 0 Å². The van der Waals surface area contributed by atoms with Crippen LogP contribution in [0.5, 0.6) is 0 Å². The molecule has 4 heteroatoms. The van der Waals surface area contributed by atoms with Crippen molar-refractivity contribution >= 4 is 5.91 Å². The molecule has 1 heterocycles. The van der Waals surface area contributed by atoms with E-state index in [9.17, 15) is 4.79 Å². The van der Waals surface area contributed by atoms with Crippen molar-refractivity contribution in [2.45, 2.75) is 32.2 Å². The predicted octanol–water partition coefficient (Wildman–Crippen LogP) is 1.72. The Morgan fingerprint density at radius 1 is 1.32 bits per heavy atom. The summed E-state index contributed by atoms with van der Waals surface area (Å²) in [5.41, 5.74) is 2.58. The number of hydrogen-bond acceptors (Lipinski definition) is 3. The average molecular weight is 301 g/mol. The molecule has 2 fully saturated rings. The molecule has 1 atom stereocenters. The molecule has 1 unspecified atom stereocenters. The highest BCUT2D eigenvalue weighted by Crippen LogP contribution is 2.27. The Labute approximate surface area is 133 Å². The third-order valence-electron chi connectivity index (χ3n) is 4.74. The summed E-state index contributed by atoms with van der Waals surface area (Å²) in [4.78, 5) is 14.6. The van der Waals surface area contributed by atoms with Gasteiger partial charge in [-0.15, -0.1) is 0 Å². The van der Waals surface area contributed by atoms with Crippen molar-refractivity contribution in [3.8, 4) is 0 Å². The quantitative estimate of drug-likeness (QED) is 0.841. The van der Waals surface area contributed by atoms with E-state index in [1.54, 1.807) is 0 Å². The second-order valence-electron chi connectivity index (χ2n) is 6.48. The molecule has 1 amide bonds. The van der Waals surface area contributed by atoms with Gasteiger partial charge in [0.15, 0.2) is 0 Å². The normalized spacial score (nSPS) is 21.9. The minimum atomic E-state index is 0.162. The van der Waals surface area contributed by atoms with E-state index in [4.69, 9.17) is 0 Å². The molecular formula is C18H27N3O. The number of nitrogens with one attached hydrogen (secondary N) is 2. The fraction of sp³-hybridized carbons (Fsp3) is 0.611. The van der Waals surface area contributed by atoms with Gasteiger partial charge in [-0.25, -0.2) is 0 Å². The lowest BCUT2D eigenvalue weighted by molar-refractivity contribution is -0.133. The number of amides is 1. The molecule has 2 N–H and O–H groups in total. The first-order valence-corrected chi connectivity index (χ1v) is 8.57. The summed E-state index contributed by atoms with van der Waals surface area (Å²) in [6.07, 6.45) is 3.69. The van der Waals surface area contributed by atoms with E-state index in [2.05, 4.69) is 41.8 Å². The number of aryl methyl sites for hydroxylation is 1. The first kappa shape index (κ1) is 15.5. The van der Waals surface area contributed by atoms with Gasteiger partial charge in [-0.3, -0.25) is 4.79 Å². The van der Waals surface area contributed by atoms with Gasteiger partial charge in [0.2, 0.25) is 5.91 Å². The van der Waals surface area contributed by atoms with Gasteiger partial charge in [0, 0.05) is 19.6 Å². The predicted molar refractivity (Wildman–Crippen MR) is 88.7 cm³/mol. The van der Waals surface area contributed by atoms with E-state index < -0.39 is 0 Å². The topological polar surface area (TPSA) is 44.4 Å². The number of rotatable bonds is 6. The number of hydrogen-bond donors (Lipinski definition) is 2. The molecular weight excluding hydrogens is 274 g/mol. The third kappa shape index (κ3) is 3.87. The summed E-state index contributed by atoms with van der Waals surface area (Å²) in [6.45, 7) is 6.16. The molecule has 0 aromatic heterocycles. The molecule has 4 nitrogen and oxygen atoms in total. The molecule has 2 aliphatic rings. The van der Waals surface area contributed by atoms with Crippen LogP contribution < -0.4 is 10.6 Å². The number of nitrogens with zero attached hydrogens (tertiary/aromatic N) is 1. The first-order valence-electron chi connectivity index (χ1n) is 8.57. The summed E-state index contributed by atoms with van der Waals surface area (Å²) in [5, 5.41) is 6.74. The number of piperazine rings is 1. The summed E-state index contributed by atoms with van der Waals surface area (Å²) in [6, 6.07) is 8.87. The molecule has 0 radical (unpaired) electrons. The minimum Gasteiger partial charge on any atom is -0.332 e. The van der Waals surface area contributed by atoms with Crippen molar-refractivity contribution < 1.29 is 4.79 Å². The average Bonchev–Trinajstić information content (AvgIpc) is 3.39. The second-order valence-corrected chi connectivity index (χ2v) is 6.48. The van der Waals surface area contributed by atoms with Gasteiger partial charge in [0.25, 0.3) is 0 Å². The lowest BCUT2D eigenvalue weighted by atomic mass is 10.0. The van der Waals surface area contributed by atoms with E-state index in [0.29, 0.717) is 6.54 Å². The maximum atomic E-state index is 12.5. The molecule has 1 aliphatic heterocycles. The van der Waals surface area contributed by atoms with Crippen LogP contribution in [0.1, 0.15) is 36.9 Å². The summed E-state index contributed by atoms with van der Waals surface area (Å²) in [5.74, 6) is 1.04. The number of benzene rings is 1. The standard InChI is InChI=1S/C18H27N3O/c1-2-14-5-7-16(8-6-14)17-12-19-9-10-21(17)18(22)13-20-11-15-3-4-15/h5-8,15,17,19-20H,2-4,9-13H2,1H3. The van der Waals surface area contributed by atoms with Gasteiger partial charge in [-0.1, -0.05) is 31.2 Å². The highest BCUT2D eigenvalue weighted by atomic mass is 16.2. The van der Waals surface area contributed by atoms with Crippen LogP contribution in [0.4, 0.5) is 0 Å². The molecule has 1 aromatic rings. The zero-order valence-electron chi connectivity index (χ0n) is 13.5. The Bertz CT molecular complexity index is 496. The molecule has 22 heavy (non-hydrogen) atoms. The number of carbonyl (C=O) groups excluding carboxylic acids is 1. The van der Waals surface area contributed by atoms with Crippen LogP contribution in [0.25, 0.3) is 0 Å². The zero-order chi connectivity index (χ0) is 15.4. The zero-order valence-corrected chi connectivity index (χ0v) is 13.5. The molecule has 0 bridgehead atoms. The van der Waals surface area contributed by atoms with Crippen LogP contribution >= 0.6 is 0 Å². The molecule has 3 rings (SSSR count). The van der Waals surface area contributed by atoms with E-state index >= 15 is 0 Å². The fourth-order valence-corrected chi connectivity index (χ4v) is 3.08. The Morgan fingerprint density at radius 2 is 2.09 bits per heavy atom. The molecule has 1 saturated carbocycles. The van der Waals surface area contributed by atoms with Crippen molar-refractivity contribution in [3.05, 3.63) is 35.4 Å².